The first-order valence-corrected chi connectivity index (χ1v) is 10.7. The fourth-order valence-electron chi connectivity index (χ4n) is 4.53. The average molecular weight is 396 g/mol. The van der Waals surface area contributed by atoms with E-state index in [4.69, 9.17) is 0 Å². The van der Waals surface area contributed by atoms with Gasteiger partial charge in [-0.3, -0.25) is 14.5 Å². The van der Waals surface area contributed by atoms with Gasteiger partial charge >= 0.3 is 0 Å². The van der Waals surface area contributed by atoms with Gasteiger partial charge in [0, 0.05) is 43.6 Å². The summed E-state index contributed by atoms with van der Waals surface area (Å²) in [5.74, 6) is -0.191. The summed E-state index contributed by atoms with van der Waals surface area (Å²) >= 11 is 0. The van der Waals surface area contributed by atoms with Crippen LogP contribution in [0.4, 0.5) is 0 Å². The molecule has 0 radical (unpaired) electrons. The minimum atomic E-state index is -0.191. The lowest BCUT2D eigenvalue weighted by atomic mass is 10.1. The van der Waals surface area contributed by atoms with Gasteiger partial charge in [0.1, 0.15) is 5.56 Å². The summed E-state index contributed by atoms with van der Waals surface area (Å²) in [5.41, 5.74) is 3.02. The Morgan fingerprint density at radius 2 is 1.93 bits per heavy atom. The summed E-state index contributed by atoms with van der Waals surface area (Å²) in [7, 11) is 1.77. The lowest BCUT2D eigenvalue weighted by molar-refractivity contribution is 0.0781. The Balaban J connectivity index is 1.93. The molecule has 0 bridgehead atoms. The van der Waals surface area contributed by atoms with Crippen molar-refractivity contribution < 1.29 is 4.79 Å². The minimum Gasteiger partial charge on any atom is -0.346 e. The van der Waals surface area contributed by atoms with Gasteiger partial charge < -0.3 is 9.47 Å². The van der Waals surface area contributed by atoms with E-state index in [0.29, 0.717) is 24.6 Å². The van der Waals surface area contributed by atoms with Crippen LogP contribution in [0.5, 0.6) is 0 Å². The number of aromatic nitrogens is 1. The molecule has 1 aliphatic heterocycles. The zero-order valence-electron chi connectivity index (χ0n) is 18.1. The monoisotopic (exact) mass is 395 g/mol. The highest BCUT2D eigenvalue weighted by molar-refractivity contribution is 5.95. The number of carbonyl (C=O) groups excluding carboxylic acids is 1. The predicted molar refractivity (Wildman–Crippen MR) is 117 cm³/mol. The van der Waals surface area contributed by atoms with Crippen LogP contribution in [0.1, 0.15) is 54.0 Å². The van der Waals surface area contributed by atoms with Crippen LogP contribution in [0.3, 0.4) is 0 Å². The fraction of sp³-hybridized carbons (Fsp3) is 0.500. The molecule has 1 aliphatic rings. The van der Waals surface area contributed by atoms with Gasteiger partial charge in [0.05, 0.1) is 0 Å². The van der Waals surface area contributed by atoms with E-state index in [0.717, 1.165) is 36.6 Å². The Kier molecular flexibility index (Phi) is 6.91. The van der Waals surface area contributed by atoms with Crippen LogP contribution in [0.25, 0.3) is 0 Å². The first kappa shape index (κ1) is 21.3. The molecule has 1 unspecified atom stereocenters. The maximum absolute atomic E-state index is 13.3. The molecule has 2 heterocycles. The molecule has 1 fully saturated rings. The molecule has 1 aromatic carbocycles. The second-order valence-corrected chi connectivity index (χ2v) is 8.01. The summed E-state index contributed by atoms with van der Waals surface area (Å²) in [6.45, 7) is 9.71. The first-order chi connectivity index (χ1) is 14.0. The normalized spacial score (nSPS) is 16.9. The molecule has 5 heteroatoms. The smallest absolute Gasteiger partial charge is 0.259 e. The van der Waals surface area contributed by atoms with Crippen molar-refractivity contribution in [1.82, 2.24) is 14.4 Å². The second kappa shape index (κ2) is 9.40. The molecular weight excluding hydrogens is 362 g/mol. The number of hydrogen-bond acceptors (Lipinski definition) is 3. The third kappa shape index (κ3) is 4.61. The zero-order chi connectivity index (χ0) is 21.0. The van der Waals surface area contributed by atoms with Gasteiger partial charge in [-0.1, -0.05) is 44.2 Å². The largest absolute Gasteiger partial charge is 0.346 e. The summed E-state index contributed by atoms with van der Waals surface area (Å²) in [4.78, 5) is 30.3. The highest BCUT2D eigenvalue weighted by Crippen LogP contribution is 2.21. The van der Waals surface area contributed by atoms with Gasteiger partial charge in [0.25, 0.3) is 5.91 Å². The lowest BCUT2D eigenvalue weighted by Crippen LogP contribution is -2.37. The molecule has 1 aromatic heterocycles. The summed E-state index contributed by atoms with van der Waals surface area (Å²) in [6.07, 6.45) is 3.04. The number of likely N-dealkylation sites (tertiary alicyclic amines) is 1. The Bertz CT molecular complexity index is 904. The van der Waals surface area contributed by atoms with Crippen molar-refractivity contribution in [3.8, 4) is 0 Å². The van der Waals surface area contributed by atoms with E-state index >= 15 is 0 Å². The second-order valence-electron chi connectivity index (χ2n) is 8.01. The average Bonchev–Trinajstić information content (AvgIpc) is 3.17. The van der Waals surface area contributed by atoms with Crippen molar-refractivity contribution in [3.63, 3.8) is 0 Å². The molecule has 0 N–H and O–H groups in total. The molecular formula is C24H33N3O2. The van der Waals surface area contributed by atoms with Gasteiger partial charge in [-0.2, -0.15) is 0 Å². The molecule has 0 aliphatic carbocycles. The first-order valence-electron chi connectivity index (χ1n) is 10.7. The molecule has 29 heavy (non-hydrogen) atoms. The fourth-order valence-corrected chi connectivity index (χ4v) is 4.53. The molecule has 0 saturated carbocycles. The number of nitrogens with zero attached hydrogens (tertiary/aromatic N) is 3. The van der Waals surface area contributed by atoms with E-state index < -0.39 is 0 Å². The molecule has 2 aromatic rings. The zero-order valence-corrected chi connectivity index (χ0v) is 18.1. The molecule has 1 saturated heterocycles. The van der Waals surface area contributed by atoms with Gasteiger partial charge in [-0.25, -0.2) is 0 Å². The van der Waals surface area contributed by atoms with Crippen molar-refractivity contribution in [2.45, 2.75) is 59.2 Å². The highest BCUT2D eigenvalue weighted by atomic mass is 16.2. The highest BCUT2D eigenvalue weighted by Gasteiger charge is 2.27. The van der Waals surface area contributed by atoms with Gasteiger partial charge in [0.15, 0.2) is 5.43 Å². The van der Waals surface area contributed by atoms with Crippen LogP contribution in [0.2, 0.25) is 0 Å². The van der Waals surface area contributed by atoms with E-state index in [-0.39, 0.29) is 11.3 Å². The molecule has 5 nitrogen and oxygen atoms in total. The number of pyridine rings is 1. The molecule has 156 valence electrons. The van der Waals surface area contributed by atoms with Gasteiger partial charge in [-0.15, -0.1) is 0 Å². The standard InChI is InChI=1S/C24H33N3O2/c1-5-21-23(24(29)25(4)16-19-11-8-7-9-12-19)22(28)15-18(3)27(21)17-20-13-10-14-26(20)6-2/h7-9,11-12,15,20H,5-6,10,13-14,16-17H2,1-4H3. The van der Waals surface area contributed by atoms with Crippen LogP contribution in [-0.4, -0.2) is 46.5 Å². The SMILES string of the molecule is CCc1c(C(=O)N(C)Cc2ccccc2)c(=O)cc(C)n1CC1CCCN1CC. The van der Waals surface area contributed by atoms with E-state index in [1.54, 1.807) is 18.0 Å². The van der Waals surface area contributed by atoms with Crippen molar-refractivity contribution in [3.05, 3.63) is 69.1 Å². The topological polar surface area (TPSA) is 45.6 Å². The lowest BCUT2D eigenvalue weighted by Gasteiger charge is -2.28. The van der Waals surface area contributed by atoms with Crippen molar-refractivity contribution in [2.75, 3.05) is 20.1 Å². The Labute approximate surface area is 173 Å². The van der Waals surface area contributed by atoms with Crippen LogP contribution in [0.15, 0.2) is 41.2 Å². The Morgan fingerprint density at radius 3 is 2.59 bits per heavy atom. The van der Waals surface area contributed by atoms with Gasteiger partial charge in [0.2, 0.25) is 0 Å². The molecule has 0 spiro atoms. The quantitative estimate of drug-likeness (QED) is 0.721. The molecule has 1 amide bonds. The number of amides is 1. The maximum Gasteiger partial charge on any atom is 0.259 e. The van der Waals surface area contributed by atoms with Crippen LogP contribution in [-0.2, 0) is 19.5 Å². The summed E-state index contributed by atoms with van der Waals surface area (Å²) < 4.78 is 2.21. The van der Waals surface area contributed by atoms with E-state index in [9.17, 15) is 9.59 Å². The number of aryl methyl sites for hydroxylation is 1. The van der Waals surface area contributed by atoms with Crippen LogP contribution < -0.4 is 5.43 Å². The van der Waals surface area contributed by atoms with E-state index in [2.05, 4.69) is 16.4 Å². The summed E-state index contributed by atoms with van der Waals surface area (Å²) in [5, 5.41) is 0. The Hall–Kier alpha value is -2.40. The Morgan fingerprint density at radius 1 is 1.21 bits per heavy atom. The van der Waals surface area contributed by atoms with Crippen molar-refractivity contribution in [2.24, 2.45) is 0 Å². The summed E-state index contributed by atoms with van der Waals surface area (Å²) in [6, 6.07) is 12.0. The van der Waals surface area contributed by atoms with E-state index in [1.807, 2.05) is 44.2 Å². The third-order valence-electron chi connectivity index (χ3n) is 6.08. The predicted octanol–water partition coefficient (Wildman–Crippen LogP) is 3.48. The van der Waals surface area contributed by atoms with Crippen molar-refractivity contribution >= 4 is 5.91 Å². The number of likely N-dealkylation sites (N-methyl/N-ethyl adjacent to an activating group) is 1. The van der Waals surface area contributed by atoms with E-state index in [1.165, 1.54) is 12.8 Å². The third-order valence-corrected chi connectivity index (χ3v) is 6.08. The number of rotatable bonds is 7. The van der Waals surface area contributed by atoms with Crippen molar-refractivity contribution in [1.29, 1.82) is 0 Å². The molecule has 3 rings (SSSR count). The number of hydrogen-bond donors (Lipinski definition) is 0. The van der Waals surface area contributed by atoms with Crippen LogP contribution >= 0.6 is 0 Å². The van der Waals surface area contributed by atoms with Crippen LogP contribution in [0, 0.1) is 6.92 Å². The molecule has 1 atom stereocenters. The number of carbonyl (C=O) groups is 1. The maximum atomic E-state index is 13.3. The number of benzene rings is 1. The van der Waals surface area contributed by atoms with Gasteiger partial charge in [-0.05, 0) is 44.8 Å². The minimum absolute atomic E-state index is 0.167.